The van der Waals surface area contributed by atoms with Gasteiger partial charge in [-0.25, -0.2) is 4.79 Å². The molecule has 0 bridgehead atoms. The molecule has 80 valence electrons. The van der Waals surface area contributed by atoms with Gasteiger partial charge in [0.05, 0.1) is 6.54 Å². The lowest BCUT2D eigenvalue weighted by atomic mass is 10.2. The summed E-state index contributed by atoms with van der Waals surface area (Å²) in [5, 5.41) is 11.7. The van der Waals surface area contributed by atoms with Crippen LogP contribution in [0.1, 0.15) is 19.8 Å². The lowest BCUT2D eigenvalue weighted by molar-refractivity contribution is -0.147. The average molecular weight is 200 g/mol. The predicted octanol–water partition coefficient (Wildman–Crippen LogP) is -0.328. The van der Waals surface area contributed by atoms with Crippen LogP contribution < -0.4 is 5.32 Å². The van der Waals surface area contributed by atoms with Gasteiger partial charge in [0.2, 0.25) is 5.91 Å². The molecule has 1 saturated heterocycles. The van der Waals surface area contributed by atoms with Crippen LogP contribution in [0.5, 0.6) is 0 Å². The molecule has 1 fully saturated rings. The number of hydrogen-bond donors (Lipinski definition) is 2. The van der Waals surface area contributed by atoms with Crippen molar-refractivity contribution in [2.24, 2.45) is 0 Å². The molecule has 1 aliphatic heterocycles. The summed E-state index contributed by atoms with van der Waals surface area (Å²) in [6.45, 7) is 3.44. The Morgan fingerprint density at radius 1 is 1.57 bits per heavy atom. The number of carboxylic acid groups (broad SMARTS) is 1. The standard InChI is InChI=1S/C9H16N2O3/c1-2-10-6-8(12)11-5-3-4-7(11)9(13)14/h7,10H,2-6H2,1H3,(H,13,14). The van der Waals surface area contributed by atoms with E-state index in [9.17, 15) is 9.59 Å². The van der Waals surface area contributed by atoms with Gasteiger partial charge in [0.1, 0.15) is 6.04 Å². The Morgan fingerprint density at radius 3 is 2.86 bits per heavy atom. The summed E-state index contributed by atoms with van der Waals surface area (Å²) in [4.78, 5) is 23.7. The number of hydrogen-bond acceptors (Lipinski definition) is 3. The van der Waals surface area contributed by atoms with E-state index in [0.29, 0.717) is 13.0 Å². The molecule has 0 spiro atoms. The van der Waals surface area contributed by atoms with Crippen LogP contribution in [0.4, 0.5) is 0 Å². The van der Waals surface area contributed by atoms with Crippen LogP contribution in [0.3, 0.4) is 0 Å². The first-order valence-corrected chi connectivity index (χ1v) is 4.89. The van der Waals surface area contributed by atoms with Gasteiger partial charge in [0.25, 0.3) is 0 Å². The Hall–Kier alpha value is -1.10. The number of carbonyl (C=O) groups excluding carboxylic acids is 1. The summed E-state index contributed by atoms with van der Waals surface area (Å²) in [5.41, 5.74) is 0. The normalized spacial score (nSPS) is 21.2. The zero-order valence-electron chi connectivity index (χ0n) is 8.32. The fourth-order valence-corrected chi connectivity index (χ4v) is 1.66. The van der Waals surface area contributed by atoms with Crippen molar-refractivity contribution >= 4 is 11.9 Å². The molecule has 0 aromatic heterocycles. The summed E-state index contributed by atoms with van der Waals surface area (Å²) in [5.74, 6) is -1.01. The lowest BCUT2D eigenvalue weighted by Gasteiger charge is -2.21. The van der Waals surface area contributed by atoms with Crippen molar-refractivity contribution in [3.05, 3.63) is 0 Å². The van der Waals surface area contributed by atoms with Gasteiger partial charge in [0, 0.05) is 6.54 Å². The number of carbonyl (C=O) groups is 2. The second kappa shape index (κ2) is 4.95. The second-order valence-corrected chi connectivity index (χ2v) is 3.36. The number of aliphatic carboxylic acids is 1. The Balaban J connectivity index is 2.49. The average Bonchev–Trinajstić information content (AvgIpc) is 2.62. The fraction of sp³-hybridized carbons (Fsp3) is 0.778. The third kappa shape index (κ3) is 2.45. The third-order valence-electron chi connectivity index (χ3n) is 2.38. The van der Waals surface area contributed by atoms with Crippen molar-refractivity contribution in [2.75, 3.05) is 19.6 Å². The van der Waals surface area contributed by atoms with Crippen molar-refractivity contribution < 1.29 is 14.7 Å². The van der Waals surface area contributed by atoms with Gasteiger partial charge < -0.3 is 15.3 Å². The van der Waals surface area contributed by atoms with Gasteiger partial charge in [-0.3, -0.25) is 4.79 Å². The van der Waals surface area contributed by atoms with Crippen LogP contribution in [0.15, 0.2) is 0 Å². The summed E-state index contributed by atoms with van der Waals surface area (Å²) >= 11 is 0. The van der Waals surface area contributed by atoms with E-state index < -0.39 is 12.0 Å². The minimum Gasteiger partial charge on any atom is -0.480 e. The molecule has 0 aliphatic carbocycles. The number of nitrogens with one attached hydrogen (secondary N) is 1. The van der Waals surface area contributed by atoms with Crippen LogP contribution in [0, 0.1) is 0 Å². The van der Waals surface area contributed by atoms with E-state index in [4.69, 9.17) is 5.11 Å². The molecule has 1 rings (SSSR count). The molecule has 0 aromatic rings. The zero-order valence-corrected chi connectivity index (χ0v) is 8.32. The van der Waals surface area contributed by atoms with Crippen LogP contribution >= 0.6 is 0 Å². The maximum Gasteiger partial charge on any atom is 0.326 e. The second-order valence-electron chi connectivity index (χ2n) is 3.36. The minimum atomic E-state index is -0.896. The molecule has 5 nitrogen and oxygen atoms in total. The van der Waals surface area contributed by atoms with Gasteiger partial charge in [-0.15, -0.1) is 0 Å². The van der Waals surface area contributed by atoms with Crippen molar-refractivity contribution in [1.29, 1.82) is 0 Å². The van der Waals surface area contributed by atoms with E-state index >= 15 is 0 Å². The van der Waals surface area contributed by atoms with Gasteiger partial charge in [-0.2, -0.15) is 0 Å². The van der Waals surface area contributed by atoms with E-state index in [1.807, 2.05) is 6.92 Å². The quantitative estimate of drug-likeness (QED) is 0.652. The van der Waals surface area contributed by atoms with Crippen LogP contribution in [-0.4, -0.2) is 47.6 Å². The van der Waals surface area contributed by atoms with Crippen molar-refractivity contribution in [1.82, 2.24) is 10.2 Å². The van der Waals surface area contributed by atoms with Gasteiger partial charge in [-0.05, 0) is 19.4 Å². The molecule has 0 saturated carbocycles. The fourth-order valence-electron chi connectivity index (χ4n) is 1.66. The number of rotatable bonds is 4. The van der Waals surface area contributed by atoms with E-state index in [1.165, 1.54) is 4.90 Å². The highest BCUT2D eigenvalue weighted by molar-refractivity contribution is 5.85. The number of carboxylic acids is 1. The van der Waals surface area contributed by atoms with Crippen molar-refractivity contribution in [2.45, 2.75) is 25.8 Å². The molecule has 1 unspecified atom stereocenters. The molecule has 1 amide bonds. The zero-order chi connectivity index (χ0) is 10.6. The number of likely N-dealkylation sites (tertiary alicyclic amines) is 1. The Kier molecular flexibility index (Phi) is 3.88. The van der Waals surface area contributed by atoms with E-state index in [2.05, 4.69) is 5.32 Å². The summed E-state index contributed by atoms with van der Waals surface area (Å²) < 4.78 is 0. The van der Waals surface area contributed by atoms with Gasteiger partial charge in [0.15, 0.2) is 0 Å². The molecule has 1 atom stereocenters. The molecule has 1 aliphatic rings. The highest BCUT2D eigenvalue weighted by Gasteiger charge is 2.33. The van der Waals surface area contributed by atoms with E-state index in [1.54, 1.807) is 0 Å². The molecular formula is C9H16N2O3. The molecule has 5 heteroatoms. The summed E-state index contributed by atoms with van der Waals surface area (Å²) in [7, 11) is 0. The molecule has 1 heterocycles. The van der Waals surface area contributed by atoms with E-state index in [0.717, 1.165) is 13.0 Å². The Labute approximate surface area is 83.1 Å². The minimum absolute atomic E-state index is 0.114. The van der Waals surface area contributed by atoms with Crippen molar-refractivity contribution in [3.8, 4) is 0 Å². The first-order chi connectivity index (χ1) is 6.66. The summed E-state index contributed by atoms with van der Waals surface area (Å²) in [6.07, 6.45) is 1.36. The number of amides is 1. The van der Waals surface area contributed by atoms with Crippen LogP contribution in [0.2, 0.25) is 0 Å². The smallest absolute Gasteiger partial charge is 0.326 e. The Bertz CT molecular complexity index is 230. The number of nitrogens with zero attached hydrogens (tertiary/aromatic N) is 1. The maximum atomic E-state index is 11.5. The molecule has 2 N–H and O–H groups in total. The topological polar surface area (TPSA) is 69.6 Å². The third-order valence-corrected chi connectivity index (χ3v) is 2.38. The molecule has 0 aromatic carbocycles. The van der Waals surface area contributed by atoms with Crippen LogP contribution in [0.25, 0.3) is 0 Å². The van der Waals surface area contributed by atoms with Gasteiger partial charge >= 0.3 is 5.97 Å². The highest BCUT2D eigenvalue weighted by Crippen LogP contribution is 2.16. The largest absolute Gasteiger partial charge is 0.480 e. The molecule has 14 heavy (non-hydrogen) atoms. The summed E-state index contributed by atoms with van der Waals surface area (Å²) in [6, 6.07) is -0.610. The van der Waals surface area contributed by atoms with E-state index in [-0.39, 0.29) is 12.5 Å². The maximum absolute atomic E-state index is 11.5. The molecule has 0 radical (unpaired) electrons. The Morgan fingerprint density at radius 2 is 2.29 bits per heavy atom. The first kappa shape index (κ1) is 11.0. The van der Waals surface area contributed by atoms with Gasteiger partial charge in [-0.1, -0.05) is 6.92 Å². The van der Waals surface area contributed by atoms with Crippen LogP contribution in [-0.2, 0) is 9.59 Å². The lowest BCUT2D eigenvalue weighted by Crippen LogP contribution is -2.44. The number of likely N-dealkylation sites (N-methyl/N-ethyl adjacent to an activating group) is 1. The SMILES string of the molecule is CCNCC(=O)N1CCCC1C(=O)O. The predicted molar refractivity (Wildman–Crippen MR) is 50.9 cm³/mol. The molecular weight excluding hydrogens is 184 g/mol. The van der Waals surface area contributed by atoms with Crippen molar-refractivity contribution in [3.63, 3.8) is 0 Å². The monoisotopic (exact) mass is 200 g/mol. The first-order valence-electron chi connectivity index (χ1n) is 4.89. The highest BCUT2D eigenvalue weighted by atomic mass is 16.4.